The standard InChI is InChI=1S/C18H14ClN3O2/c19-15-6-3-13(11-23)7-16(15)21-10-18-22-9-17(24-18)14-4-1-12(8-20)2-5-14/h1-7,9,21,23H,10-11H2. The molecule has 0 spiro atoms. The molecule has 2 aromatic carbocycles. The minimum Gasteiger partial charge on any atom is -0.439 e. The number of oxazole rings is 1. The number of rotatable bonds is 5. The van der Waals surface area contributed by atoms with Gasteiger partial charge in [0.05, 0.1) is 41.7 Å². The molecule has 0 bridgehead atoms. The van der Waals surface area contributed by atoms with Crippen molar-refractivity contribution in [2.45, 2.75) is 13.2 Å². The smallest absolute Gasteiger partial charge is 0.214 e. The van der Waals surface area contributed by atoms with Crippen molar-refractivity contribution in [1.29, 1.82) is 5.26 Å². The molecule has 0 fully saturated rings. The van der Waals surface area contributed by atoms with Gasteiger partial charge in [-0.15, -0.1) is 0 Å². The summed E-state index contributed by atoms with van der Waals surface area (Å²) in [5, 5.41) is 21.7. The molecule has 0 saturated carbocycles. The van der Waals surface area contributed by atoms with Gasteiger partial charge in [-0.2, -0.15) is 5.26 Å². The van der Waals surface area contributed by atoms with E-state index in [4.69, 9.17) is 21.3 Å². The average Bonchev–Trinajstić information content (AvgIpc) is 3.10. The van der Waals surface area contributed by atoms with E-state index in [9.17, 15) is 5.11 Å². The number of nitriles is 1. The lowest BCUT2D eigenvalue weighted by molar-refractivity contribution is 0.282. The first-order valence-electron chi connectivity index (χ1n) is 7.28. The Morgan fingerprint density at radius 1 is 1.21 bits per heavy atom. The first kappa shape index (κ1) is 16.1. The first-order chi connectivity index (χ1) is 11.7. The Bertz CT molecular complexity index is 882. The second-order valence-electron chi connectivity index (χ2n) is 5.13. The molecule has 0 amide bonds. The van der Waals surface area contributed by atoms with E-state index in [0.29, 0.717) is 34.5 Å². The van der Waals surface area contributed by atoms with E-state index in [1.165, 1.54) is 0 Å². The third-order valence-electron chi connectivity index (χ3n) is 3.50. The zero-order valence-electron chi connectivity index (χ0n) is 12.7. The van der Waals surface area contributed by atoms with Gasteiger partial charge in [-0.3, -0.25) is 0 Å². The number of aliphatic hydroxyl groups is 1. The minimum atomic E-state index is -0.0479. The lowest BCUT2D eigenvalue weighted by atomic mass is 10.1. The summed E-state index contributed by atoms with van der Waals surface area (Å²) in [7, 11) is 0. The molecule has 6 heteroatoms. The highest BCUT2D eigenvalue weighted by Gasteiger charge is 2.08. The molecule has 24 heavy (non-hydrogen) atoms. The maximum absolute atomic E-state index is 9.18. The maximum Gasteiger partial charge on any atom is 0.214 e. The van der Waals surface area contributed by atoms with Crippen LogP contribution in [0.15, 0.2) is 53.1 Å². The molecule has 5 nitrogen and oxygen atoms in total. The Hall–Kier alpha value is -2.81. The highest BCUT2D eigenvalue weighted by atomic mass is 35.5. The van der Waals surface area contributed by atoms with E-state index in [-0.39, 0.29) is 6.61 Å². The third kappa shape index (κ3) is 3.57. The predicted molar refractivity (Wildman–Crippen MR) is 91.4 cm³/mol. The average molecular weight is 340 g/mol. The van der Waals surface area contributed by atoms with Crippen LogP contribution < -0.4 is 5.32 Å². The highest BCUT2D eigenvalue weighted by Crippen LogP contribution is 2.25. The van der Waals surface area contributed by atoms with Crippen molar-refractivity contribution in [1.82, 2.24) is 4.98 Å². The molecule has 0 radical (unpaired) electrons. The van der Waals surface area contributed by atoms with Crippen LogP contribution in [0.1, 0.15) is 17.0 Å². The number of benzene rings is 2. The monoisotopic (exact) mass is 339 g/mol. The van der Waals surface area contributed by atoms with Gasteiger partial charge in [0.1, 0.15) is 0 Å². The van der Waals surface area contributed by atoms with Crippen LogP contribution in [0.5, 0.6) is 0 Å². The zero-order chi connectivity index (χ0) is 16.9. The molecular formula is C18H14ClN3O2. The Balaban J connectivity index is 1.71. The minimum absolute atomic E-state index is 0.0479. The molecule has 120 valence electrons. The van der Waals surface area contributed by atoms with Gasteiger partial charge in [-0.25, -0.2) is 4.98 Å². The maximum atomic E-state index is 9.18. The second-order valence-corrected chi connectivity index (χ2v) is 5.54. The first-order valence-corrected chi connectivity index (χ1v) is 7.66. The Kier molecular flexibility index (Phi) is 4.80. The summed E-state index contributed by atoms with van der Waals surface area (Å²) in [5.74, 6) is 1.14. The lowest BCUT2D eigenvalue weighted by Crippen LogP contribution is -2.00. The number of nitrogens with one attached hydrogen (secondary N) is 1. The molecule has 1 heterocycles. The molecule has 1 aromatic heterocycles. The topological polar surface area (TPSA) is 82.1 Å². The van der Waals surface area contributed by atoms with E-state index >= 15 is 0 Å². The number of aliphatic hydroxyl groups excluding tert-OH is 1. The SMILES string of the molecule is N#Cc1ccc(-c2cnc(CNc3cc(CO)ccc3Cl)o2)cc1. The van der Waals surface area contributed by atoms with Crippen LogP contribution in [-0.2, 0) is 13.2 Å². The molecule has 2 N–H and O–H groups in total. The number of aromatic nitrogens is 1. The number of halogens is 1. The van der Waals surface area contributed by atoms with Crippen molar-refractivity contribution in [2.24, 2.45) is 0 Å². The van der Waals surface area contributed by atoms with E-state index in [1.54, 1.807) is 36.5 Å². The van der Waals surface area contributed by atoms with Crippen LogP contribution in [0.4, 0.5) is 5.69 Å². The Morgan fingerprint density at radius 3 is 2.71 bits per heavy atom. The molecule has 3 rings (SSSR count). The summed E-state index contributed by atoms with van der Waals surface area (Å²) >= 11 is 6.13. The summed E-state index contributed by atoms with van der Waals surface area (Å²) in [6, 6.07) is 14.5. The van der Waals surface area contributed by atoms with Crippen molar-refractivity contribution in [2.75, 3.05) is 5.32 Å². The van der Waals surface area contributed by atoms with Gasteiger partial charge < -0.3 is 14.8 Å². The third-order valence-corrected chi connectivity index (χ3v) is 3.83. The van der Waals surface area contributed by atoms with Gasteiger partial charge in [0.2, 0.25) is 5.89 Å². The predicted octanol–water partition coefficient (Wildman–Crippen LogP) is 3.97. The highest BCUT2D eigenvalue weighted by molar-refractivity contribution is 6.33. The van der Waals surface area contributed by atoms with E-state index in [0.717, 1.165) is 11.1 Å². The molecule has 3 aromatic rings. The second kappa shape index (κ2) is 7.18. The fourth-order valence-corrected chi connectivity index (χ4v) is 2.40. The van der Waals surface area contributed by atoms with Crippen LogP contribution in [0.2, 0.25) is 5.02 Å². The van der Waals surface area contributed by atoms with Gasteiger partial charge in [-0.05, 0) is 42.0 Å². The van der Waals surface area contributed by atoms with Gasteiger partial charge in [0, 0.05) is 5.56 Å². The van der Waals surface area contributed by atoms with Crippen LogP contribution in [0.3, 0.4) is 0 Å². The number of hydrogen-bond acceptors (Lipinski definition) is 5. The lowest BCUT2D eigenvalue weighted by Gasteiger charge is -2.08. The summed E-state index contributed by atoms with van der Waals surface area (Å²) < 4.78 is 5.71. The van der Waals surface area contributed by atoms with Crippen molar-refractivity contribution < 1.29 is 9.52 Å². The Labute approximate surface area is 144 Å². The molecule has 0 saturated heterocycles. The van der Waals surface area contributed by atoms with E-state index in [1.807, 2.05) is 12.1 Å². The molecule has 0 aliphatic heterocycles. The fraction of sp³-hybridized carbons (Fsp3) is 0.111. The number of nitrogens with zero attached hydrogens (tertiary/aromatic N) is 2. The molecule has 0 atom stereocenters. The van der Waals surface area contributed by atoms with Crippen molar-refractivity contribution in [3.63, 3.8) is 0 Å². The molecule has 0 aliphatic rings. The zero-order valence-corrected chi connectivity index (χ0v) is 13.4. The summed E-state index contributed by atoms with van der Waals surface area (Å²) in [4.78, 5) is 4.24. The molecular weight excluding hydrogens is 326 g/mol. The van der Waals surface area contributed by atoms with Crippen molar-refractivity contribution in [3.05, 3.63) is 70.7 Å². The van der Waals surface area contributed by atoms with E-state index < -0.39 is 0 Å². The number of hydrogen-bond donors (Lipinski definition) is 2. The Morgan fingerprint density at radius 2 is 2.00 bits per heavy atom. The quantitative estimate of drug-likeness (QED) is 0.735. The molecule has 0 aliphatic carbocycles. The number of anilines is 1. The van der Waals surface area contributed by atoms with Gasteiger partial charge in [0.15, 0.2) is 5.76 Å². The van der Waals surface area contributed by atoms with E-state index in [2.05, 4.69) is 16.4 Å². The van der Waals surface area contributed by atoms with Crippen LogP contribution in [0.25, 0.3) is 11.3 Å². The van der Waals surface area contributed by atoms with Gasteiger partial charge in [-0.1, -0.05) is 17.7 Å². The van der Waals surface area contributed by atoms with Crippen LogP contribution in [-0.4, -0.2) is 10.1 Å². The molecule has 0 unspecified atom stereocenters. The van der Waals surface area contributed by atoms with Gasteiger partial charge >= 0.3 is 0 Å². The summed E-state index contributed by atoms with van der Waals surface area (Å²) in [5.41, 5.74) is 2.93. The normalized spacial score (nSPS) is 10.4. The fourth-order valence-electron chi connectivity index (χ4n) is 2.21. The summed E-state index contributed by atoms with van der Waals surface area (Å²) in [6.45, 7) is 0.318. The summed E-state index contributed by atoms with van der Waals surface area (Å²) in [6.07, 6.45) is 1.64. The van der Waals surface area contributed by atoms with Crippen molar-refractivity contribution in [3.8, 4) is 17.4 Å². The van der Waals surface area contributed by atoms with Crippen molar-refractivity contribution >= 4 is 17.3 Å². The van der Waals surface area contributed by atoms with Crippen LogP contribution in [0, 0.1) is 11.3 Å². The largest absolute Gasteiger partial charge is 0.439 e. The van der Waals surface area contributed by atoms with Gasteiger partial charge in [0.25, 0.3) is 0 Å². The van der Waals surface area contributed by atoms with Crippen LogP contribution >= 0.6 is 11.6 Å².